The van der Waals surface area contributed by atoms with Gasteiger partial charge in [-0.25, -0.2) is 0 Å². The van der Waals surface area contributed by atoms with Gasteiger partial charge in [-0.1, -0.05) is 0 Å². The Morgan fingerprint density at radius 1 is 0.550 bits per heavy atom. The lowest BCUT2D eigenvalue weighted by molar-refractivity contribution is 0.682. The second kappa shape index (κ2) is 6.65. The molecule has 104 valence electrons. The van der Waals surface area contributed by atoms with E-state index in [0.29, 0.717) is 0 Å². The Labute approximate surface area is 121 Å². The molecule has 0 amide bonds. The van der Waals surface area contributed by atoms with Crippen molar-refractivity contribution in [3.05, 3.63) is 59.2 Å². The Morgan fingerprint density at radius 2 is 0.950 bits per heavy atom. The van der Waals surface area contributed by atoms with Gasteiger partial charge in [-0.2, -0.15) is 0 Å². The van der Waals surface area contributed by atoms with Gasteiger partial charge in [0.15, 0.2) is 0 Å². The molecule has 0 unspecified atom stereocenters. The summed E-state index contributed by atoms with van der Waals surface area (Å²) in [5, 5.41) is 0. The zero-order valence-electron chi connectivity index (χ0n) is 12.0. The summed E-state index contributed by atoms with van der Waals surface area (Å²) >= 11 is 0. The molecule has 2 nitrogen and oxygen atoms in total. The second-order valence-electron chi connectivity index (χ2n) is 5.70. The van der Waals surface area contributed by atoms with E-state index < -0.39 is 0 Å². The maximum absolute atomic E-state index is 4.10. The van der Waals surface area contributed by atoms with Gasteiger partial charge in [0.05, 0.1) is 0 Å². The van der Waals surface area contributed by atoms with Gasteiger partial charge in [0.1, 0.15) is 0 Å². The third-order valence-electron chi connectivity index (χ3n) is 4.29. The molecule has 0 fully saturated rings. The molecule has 0 N–H and O–H groups in total. The maximum Gasteiger partial charge on any atom is 0.0302 e. The summed E-state index contributed by atoms with van der Waals surface area (Å²) in [6.45, 7) is 0. The number of hydrogen-bond donors (Lipinski definition) is 0. The standard InChI is InChI=1S/2C9H11N/c2*1-2-4-9-7-10-6-5-8(9)3-1/h2*5-7H,1-4H2. The van der Waals surface area contributed by atoms with Gasteiger partial charge in [0.25, 0.3) is 0 Å². The predicted molar refractivity (Wildman–Crippen MR) is 81.8 cm³/mol. The highest BCUT2D eigenvalue weighted by molar-refractivity contribution is 5.25. The molecule has 0 saturated carbocycles. The fourth-order valence-corrected chi connectivity index (χ4v) is 3.11. The molecule has 20 heavy (non-hydrogen) atoms. The van der Waals surface area contributed by atoms with E-state index in [-0.39, 0.29) is 0 Å². The molecule has 0 saturated heterocycles. The van der Waals surface area contributed by atoms with Crippen LogP contribution in [0.25, 0.3) is 0 Å². The van der Waals surface area contributed by atoms with E-state index in [0.717, 1.165) is 0 Å². The molecule has 0 atom stereocenters. The average Bonchev–Trinajstić information content (AvgIpc) is 2.56. The minimum atomic E-state index is 1.24. The van der Waals surface area contributed by atoms with Crippen molar-refractivity contribution in [2.45, 2.75) is 51.4 Å². The first-order valence-corrected chi connectivity index (χ1v) is 7.77. The van der Waals surface area contributed by atoms with Crippen molar-refractivity contribution in [2.24, 2.45) is 0 Å². The first-order chi connectivity index (χ1) is 9.93. The van der Waals surface area contributed by atoms with Gasteiger partial charge >= 0.3 is 0 Å². The Morgan fingerprint density at radius 3 is 1.35 bits per heavy atom. The van der Waals surface area contributed by atoms with Crippen molar-refractivity contribution in [2.75, 3.05) is 0 Å². The van der Waals surface area contributed by atoms with Crippen LogP contribution in [-0.2, 0) is 25.7 Å². The number of fused-ring (bicyclic) bond motifs is 2. The highest BCUT2D eigenvalue weighted by Gasteiger charge is 2.07. The lowest BCUT2D eigenvalue weighted by Gasteiger charge is -2.13. The lowest BCUT2D eigenvalue weighted by atomic mass is 9.94. The molecule has 2 aliphatic carbocycles. The first-order valence-electron chi connectivity index (χ1n) is 7.77. The summed E-state index contributed by atoms with van der Waals surface area (Å²) in [6.07, 6.45) is 18.2. The Kier molecular flexibility index (Phi) is 4.42. The minimum absolute atomic E-state index is 1.24. The van der Waals surface area contributed by atoms with Crippen LogP contribution in [0.3, 0.4) is 0 Å². The van der Waals surface area contributed by atoms with E-state index in [9.17, 15) is 0 Å². The third-order valence-corrected chi connectivity index (χ3v) is 4.29. The van der Waals surface area contributed by atoms with Crippen LogP contribution in [-0.4, -0.2) is 9.97 Å². The summed E-state index contributed by atoms with van der Waals surface area (Å²) in [5.74, 6) is 0. The van der Waals surface area contributed by atoms with Crippen molar-refractivity contribution in [1.82, 2.24) is 9.97 Å². The summed E-state index contributed by atoms with van der Waals surface area (Å²) in [7, 11) is 0. The van der Waals surface area contributed by atoms with E-state index in [1.165, 1.54) is 73.6 Å². The summed E-state index contributed by atoms with van der Waals surface area (Å²) in [5.41, 5.74) is 5.96. The predicted octanol–water partition coefficient (Wildman–Crippen LogP) is 3.92. The number of pyridine rings is 2. The third kappa shape index (κ3) is 3.24. The van der Waals surface area contributed by atoms with Gasteiger partial charge in [-0.15, -0.1) is 0 Å². The average molecular weight is 266 g/mol. The summed E-state index contributed by atoms with van der Waals surface area (Å²) in [4.78, 5) is 8.20. The van der Waals surface area contributed by atoms with Crippen LogP contribution >= 0.6 is 0 Å². The van der Waals surface area contributed by atoms with Gasteiger partial charge in [0, 0.05) is 24.8 Å². The highest BCUT2D eigenvalue weighted by atomic mass is 14.6. The van der Waals surface area contributed by atoms with Gasteiger partial charge in [-0.05, 0) is 85.8 Å². The number of aryl methyl sites for hydroxylation is 4. The number of rotatable bonds is 0. The first kappa shape index (κ1) is 13.3. The normalized spacial score (nSPS) is 16.4. The van der Waals surface area contributed by atoms with Gasteiger partial charge in [0.2, 0.25) is 0 Å². The van der Waals surface area contributed by atoms with Crippen molar-refractivity contribution < 1.29 is 0 Å². The molecule has 0 aromatic carbocycles. The van der Waals surface area contributed by atoms with Gasteiger partial charge < -0.3 is 0 Å². The van der Waals surface area contributed by atoms with E-state index in [2.05, 4.69) is 22.1 Å². The SMILES string of the molecule is c1cc2c(cn1)CCCC2.c1cc2c(cn1)CCCC2. The molecule has 0 spiro atoms. The molecular formula is C18H22N2. The molecule has 0 bridgehead atoms. The molecule has 2 aromatic rings. The topological polar surface area (TPSA) is 25.8 Å². The maximum atomic E-state index is 4.10. The van der Waals surface area contributed by atoms with Gasteiger partial charge in [-0.3, -0.25) is 9.97 Å². The number of nitrogens with zero attached hydrogens (tertiary/aromatic N) is 2. The Bertz CT molecular complexity index is 461. The molecule has 2 heteroatoms. The fourth-order valence-electron chi connectivity index (χ4n) is 3.11. The fraction of sp³-hybridized carbons (Fsp3) is 0.444. The number of aromatic nitrogens is 2. The van der Waals surface area contributed by atoms with Crippen LogP contribution in [0.4, 0.5) is 0 Å². The largest absolute Gasteiger partial charge is 0.264 e. The van der Waals surface area contributed by atoms with E-state index in [1.807, 2.05) is 24.8 Å². The molecule has 0 radical (unpaired) electrons. The molecule has 0 aliphatic heterocycles. The zero-order valence-corrected chi connectivity index (χ0v) is 12.0. The molecule has 2 aliphatic rings. The molecule has 2 heterocycles. The molecular weight excluding hydrogens is 244 g/mol. The monoisotopic (exact) mass is 266 g/mol. The van der Waals surface area contributed by atoms with Crippen molar-refractivity contribution in [1.29, 1.82) is 0 Å². The smallest absolute Gasteiger partial charge is 0.0302 e. The minimum Gasteiger partial charge on any atom is -0.264 e. The van der Waals surface area contributed by atoms with E-state index in [4.69, 9.17) is 0 Å². The molecule has 2 aromatic heterocycles. The number of hydrogen-bond acceptors (Lipinski definition) is 2. The Hall–Kier alpha value is -1.70. The Balaban J connectivity index is 0.000000121. The van der Waals surface area contributed by atoms with E-state index >= 15 is 0 Å². The van der Waals surface area contributed by atoms with Crippen LogP contribution in [0.15, 0.2) is 36.9 Å². The zero-order chi connectivity index (χ0) is 13.6. The summed E-state index contributed by atoms with van der Waals surface area (Å²) in [6, 6.07) is 4.29. The van der Waals surface area contributed by atoms with Crippen LogP contribution in [0.2, 0.25) is 0 Å². The highest BCUT2D eigenvalue weighted by Crippen LogP contribution is 2.19. The quantitative estimate of drug-likeness (QED) is 0.722. The molecule has 4 rings (SSSR count). The van der Waals surface area contributed by atoms with Crippen molar-refractivity contribution >= 4 is 0 Å². The summed E-state index contributed by atoms with van der Waals surface area (Å²) < 4.78 is 0. The van der Waals surface area contributed by atoms with Crippen molar-refractivity contribution in [3.63, 3.8) is 0 Å². The van der Waals surface area contributed by atoms with E-state index in [1.54, 1.807) is 0 Å². The lowest BCUT2D eigenvalue weighted by Crippen LogP contribution is -2.01. The van der Waals surface area contributed by atoms with Crippen LogP contribution in [0.1, 0.15) is 47.9 Å². The van der Waals surface area contributed by atoms with Crippen LogP contribution in [0.5, 0.6) is 0 Å². The van der Waals surface area contributed by atoms with Crippen LogP contribution in [0, 0.1) is 0 Å². The van der Waals surface area contributed by atoms with Crippen molar-refractivity contribution in [3.8, 4) is 0 Å². The second-order valence-corrected chi connectivity index (χ2v) is 5.70. The van der Waals surface area contributed by atoms with Crippen LogP contribution < -0.4 is 0 Å².